The zero-order valence-electron chi connectivity index (χ0n) is 13.5. The molecule has 2 aromatic rings. The van der Waals surface area contributed by atoms with E-state index in [-0.39, 0.29) is 24.3 Å². The van der Waals surface area contributed by atoms with Crippen molar-refractivity contribution >= 4 is 23.6 Å². The molecule has 2 rings (SSSR count). The van der Waals surface area contributed by atoms with Crippen LogP contribution in [0.2, 0.25) is 0 Å². The number of methoxy groups -OCH3 is 1. The van der Waals surface area contributed by atoms with Gasteiger partial charge in [-0.2, -0.15) is 0 Å². The van der Waals surface area contributed by atoms with E-state index in [9.17, 15) is 9.59 Å². The Kier molecular flexibility index (Phi) is 6.74. The number of carbonyl (C=O) groups excluding carboxylic acids is 2. The summed E-state index contributed by atoms with van der Waals surface area (Å²) >= 11 is 1.33. The van der Waals surface area contributed by atoms with Crippen LogP contribution in [0.1, 0.15) is 18.7 Å². The van der Waals surface area contributed by atoms with Crippen molar-refractivity contribution in [1.29, 1.82) is 0 Å². The molecule has 0 radical (unpaired) electrons. The van der Waals surface area contributed by atoms with Gasteiger partial charge in [0.2, 0.25) is 0 Å². The van der Waals surface area contributed by atoms with E-state index in [1.54, 1.807) is 26.2 Å². The molecule has 0 bridgehead atoms. The van der Waals surface area contributed by atoms with Gasteiger partial charge in [0, 0.05) is 4.90 Å². The molecule has 128 valence electrons. The maximum absolute atomic E-state index is 11.7. The highest BCUT2D eigenvalue weighted by atomic mass is 32.2. The number of carbonyl (C=O) groups is 2. The number of benzene rings is 1. The number of nitrogens with one attached hydrogen (secondary N) is 1. The van der Waals surface area contributed by atoms with Gasteiger partial charge in [-0.1, -0.05) is 0 Å². The van der Waals surface area contributed by atoms with Crippen LogP contribution in [0.25, 0.3) is 0 Å². The molecule has 0 aliphatic rings. The Balaban J connectivity index is 1.67. The van der Waals surface area contributed by atoms with Crippen LogP contribution < -0.4 is 10.1 Å². The second-order valence-corrected chi connectivity index (χ2v) is 5.98. The summed E-state index contributed by atoms with van der Waals surface area (Å²) in [4.78, 5) is 24.4. The predicted molar refractivity (Wildman–Crippen MR) is 89.9 cm³/mol. The monoisotopic (exact) mass is 349 g/mol. The lowest BCUT2D eigenvalue weighted by Gasteiger charge is -2.11. The van der Waals surface area contributed by atoms with Crippen LogP contribution in [0.4, 0.5) is 0 Å². The molecule has 0 fully saturated rings. The average molecular weight is 349 g/mol. The summed E-state index contributed by atoms with van der Waals surface area (Å²) in [5, 5.41) is 2.69. The van der Waals surface area contributed by atoms with E-state index in [1.807, 2.05) is 24.3 Å². The van der Waals surface area contributed by atoms with E-state index in [4.69, 9.17) is 13.9 Å². The third-order valence-corrected chi connectivity index (χ3v) is 4.11. The molecule has 1 atom stereocenters. The topological polar surface area (TPSA) is 77.8 Å². The third-order valence-electron chi connectivity index (χ3n) is 3.13. The molecule has 0 aliphatic heterocycles. The van der Waals surface area contributed by atoms with Crippen LogP contribution in [0, 0.1) is 0 Å². The Bertz CT molecular complexity index is 654. The number of esters is 1. The summed E-state index contributed by atoms with van der Waals surface area (Å²) in [5.74, 6) is 0.709. The number of rotatable bonds is 8. The summed E-state index contributed by atoms with van der Waals surface area (Å²) in [6, 6.07) is 10.6. The third kappa shape index (κ3) is 5.66. The molecule has 7 heteroatoms. The highest BCUT2D eigenvalue weighted by molar-refractivity contribution is 8.00. The molecule has 0 unspecified atom stereocenters. The minimum atomic E-state index is -0.448. The van der Waals surface area contributed by atoms with Gasteiger partial charge in [0.25, 0.3) is 5.91 Å². The second kappa shape index (κ2) is 9.02. The fourth-order valence-electron chi connectivity index (χ4n) is 1.89. The first-order valence-corrected chi connectivity index (χ1v) is 8.32. The highest BCUT2D eigenvalue weighted by Gasteiger charge is 2.13. The van der Waals surface area contributed by atoms with Gasteiger partial charge >= 0.3 is 5.97 Å². The lowest BCUT2D eigenvalue weighted by molar-refractivity contribution is -0.146. The molecule has 24 heavy (non-hydrogen) atoms. The summed E-state index contributed by atoms with van der Waals surface area (Å²) in [6.07, 6.45) is 1.54. The van der Waals surface area contributed by atoms with E-state index in [1.165, 1.54) is 18.0 Å². The van der Waals surface area contributed by atoms with E-state index in [0.717, 1.165) is 10.6 Å². The predicted octanol–water partition coefficient (Wildman–Crippen LogP) is 2.80. The SMILES string of the molecule is COc1ccc(SCC(=O)OCC(=O)N[C@H](C)c2ccco2)cc1. The van der Waals surface area contributed by atoms with Gasteiger partial charge in [0.05, 0.1) is 25.2 Å². The van der Waals surface area contributed by atoms with Crippen molar-refractivity contribution in [3.8, 4) is 5.75 Å². The number of amides is 1. The number of hydrogen-bond donors (Lipinski definition) is 1. The van der Waals surface area contributed by atoms with Gasteiger partial charge < -0.3 is 19.2 Å². The van der Waals surface area contributed by atoms with Crippen LogP contribution in [0.3, 0.4) is 0 Å². The Hall–Kier alpha value is -2.41. The summed E-state index contributed by atoms with van der Waals surface area (Å²) in [6.45, 7) is 1.48. The zero-order valence-corrected chi connectivity index (χ0v) is 14.3. The van der Waals surface area contributed by atoms with E-state index < -0.39 is 5.97 Å². The lowest BCUT2D eigenvalue weighted by atomic mass is 10.2. The van der Waals surface area contributed by atoms with E-state index in [2.05, 4.69) is 5.32 Å². The van der Waals surface area contributed by atoms with Crippen LogP contribution in [0.5, 0.6) is 5.75 Å². The quantitative estimate of drug-likeness (QED) is 0.583. The first-order valence-electron chi connectivity index (χ1n) is 7.33. The number of hydrogen-bond acceptors (Lipinski definition) is 6. The Morgan fingerprint density at radius 3 is 2.62 bits per heavy atom. The molecule has 1 amide bonds. The molecule has 0 aliphatic carbocycles. The summed E-state index contributed by atoms with van der Waals surface area (Å²) in [7, 11) is 1.59. The first-order chi connectivity index (χ1) is 11.6. The van der Waals surface area contributed by atoms with Crippen LogP contribution >= 0.6 is 11.8 Å². The van der Waals surface area contributed by atoms with Gasteiger partial charge in [-0.15, -0.1) is 11.8 Å². The normalized spacial score (nSPS) is 11.6. The largest absolute Gasteiger partial charge is 0.497 e. The minimum Gasteiger partial charge on any atom is -0.497 e. The molecular weight excluding hydrogens is 330 g/mol. The zero-order chi connectivity index (χ0) is 17.4. The van der Waals surface area contributed by atoms with Crippen molar-refractivity contribution in [2.24, 2.45) is 0 Å². The number of ether oxygens (including phenoxy) is 2. The molecule has 0 saturated carbocycles. The van der Waals surface area contributed by atoms with Crippen molar-refractivity contribution in [1.82, 2.24) is 5.32 Å². The minimum absolute atomic E-state index is 0.132. The fourth-order valence-corrected chi connectivity index (χ4v) is 2.59. The van der Waals surface area contributed by atoms with Gasteiger partial charge in [-0.05, 0) is 43.3 Å². The maximum atomic E-state index is 11.7. The molecule has 1 N–H and O–H groups in total. The standard InChI is InChI=1S/C17H19NO5S/c1-12(15-4-3-9-22-15)18-16(19)10-23-17(20)11-24-14-7-5-13(21-2)6-8-14/h3-9,12H,10-11H2,1-2H3,(H,18,19)/t12-/m1/s1. The smallest absolute Gasteiger partial charge is 0.316 e. The van der Waals surface area contributed by atoms with E-state index >= 15 is 0 Å². The van der Waals surface area contributed by atoms with Crippen molar-refractivity contribution in [2.75, 3.05) is 19.5 Å². The Morgan fingerprint density at radius 2 is 2.00 bits per heavy atom. The van der Waals surface area contributed by atoms with Gasteiger partial charge in [-0.25, -0.2) is 0 Å². The average Bonchev–Trinajstić information content (AvgIpc) is 3.13. The number of thioether (sulfide) groups is 1. The summed E-state index contributed by atoms with van der Waals surface area (Å²) in [5.41, 5.74) is 0. The second-order valence-electron chi connectivity index (χ2n) is 4.93. The lowest BCUT2D eigenvalue weighted by Crippen LogP contribution is -2.31. The molecule has 0 spiro atoms. The van der Waals surface area contributed by atoms with Gasteiger partial charge in [-0.3, -0.25) is 9.59 Å². The molecule has 6 nitrogen and oxygen atoms in total. The molecule has 1 aromatic heterocycles. The Morgan fingerprint density at radius 1 is 1.25 bits per heavy atom. The van der Waals surface area contributed by atoms with Crippen molar-refractivity contribution < 1.29 is 23.5 Å². The molecule has 1 aromatic carbocycles. The fraction of sp³-hybridized carbons (Fsp3) is 0.294. The Labute approximate surface area is 144 Å². The van der Waals surface area contributed by atoms with E-state index in [0.29, 0.717) is 5.76 Å². The van der Waals surface area contributed by atoms with Crippen molar-refractivity contribution in [2.45, 2.75) is 17.9 Å². The van der Waals surface area contributed by atoms with Gasteiger partial charge in [0.15, 0.2) is 6.61 Å². The van der Waals surface area contributed by atoms with Crippen LogP contribution in [-0.2, 0) is 14.3 Å². The molecule has 0 saturated heterocycles. The summed E-state index contributed by atoms with van der Waals surface area (Å²) < 4.78 is 15.2. The highest BCUT2D eigenvalue weighted by Crippen LogP contribution is 2.21. The van der Waals surface area contributed by atoms with Crippen molar-refractivity contribution in [3.05, 3.63) is 48.4 Å². The van der Waals surface area contributed by atoms with Crippen LogP contribution in [-0.4, -0.2) is 31.3 Å². The van der Waals surface area contributed by atoms with Gasteiger partial charge in [0.1, 0.15) is 11.5 Å². The first kappa shape index (κ1) is 17.9. The van der Waals surface area contributed by atoms with Crippen LogP contribution in [0.15, 0.2) is 52.0 Å². The maximum Gasteiger partial charge on any atom is 0.316 e. The molecule has 1 heterocycles. The number of furan rings is 1. The molecular formula is C17H19NO5S. The van der Waals surface area contributed by atoms with Crippen molar-refractivity contribution in [3.63, 3.8) is 0 Å².